The zero-order chi connectivity index (χ0) is 13.2. The van der Waals surface area contributed by atoms with Gasteiger partial charge >= 0.3 is 0 Å². The third-order valence-electron chi connectivity index (χ3n) is 3.54. The molecule has 1 N–H and O–H groups in total. The van der Waals surface area contributed by atoms with Crippen molar-refractivity contribution in [3.8, 4) is 0 Å². The summed E-state index contributed by atoms with van der Waals surface area (Å²) in [6, 6.07) is -0.0517. The highest BCUT2D eigenvalue weighted by atomic mass is 35.5. The standard InChI is InChI=1S/C12H21F2N3O.ClH/c1-12(13,14)9-16-5-7-17(8-6-16)11(18)10-3-2-4-15-10;/h10,15H,2-9H2,1H3;1H. The van der Waals surface area contributed by atoms with Crippen molar-refractivity contribution in [3.63, 3.8) is 0 Å². The summed E-state index contributed by atoms with van der Waals surface area (Å²) in [5.41, 5.74) is 0. The predicted molar refractivity (Wildman–Crippen MR) is 71.9 cm³/mol. The van der Waals surface area contributed by atoms with E-state index in [9.17, 15) is 13.6 Å². The summed E-state index contributed by atoms with van der Waals surface area (Å²) < 4.78 is 25.8. The van der Waals surface area contributed by atoms with Crippen LogP contribution in [-0.4, -0.2) is 66.9 Å². The van der Waals surface area contributed by atoms with Gasteiger partial charge in [0.05, 0.1) is 12.6 Å². The first-order valence-corrected chi connectivity index (χ1v) is 6.58. The van der Waals surface area contributed by atoms with Crippen molar-refractivity contribution in [1.29, 1.82) is 0 Å². The summed E-state index contributed by atoms with van der Waals surface area (Å²) in [4.78, 5) is 15.6. The molecule has 2 fully saturated rings. The molecule has 2 saturated heterocycles. The molecule has 1 atom stereocenters. The highest BCUT2D eigenvalue weighted by molar-refractivity contribution is 5.85. The van der Waals surface area contributed by atoms with Gasteiger partial charge in [-0.3, -0.25) is 9.69 Å². The van der Waals surface area contributed by atoms with Crippen LogP contribution in [0.25, 0.3) is 0 Å². The fraction of sp³-hybridized carbons (Fsp3) is 0.917. The molecule has 0 aliphatic carbocycles. The first-order chi connectivity index (χ1) is 8.46. The normalized spacial score (nSPS) is 25.2. The number of hydrogen-bond acceptors (Lipinski definition) is 3. The van der Waals surface area contributed by atoms with Gasteiger partial charge in [0.15, 0.2) is 0 Å². The Labute approximate surface area is 118 Å². The fourth-order valence-corrected chi connectivity index (χ4v) is 2.63. The molecule has 2 heterocycles. The maximum Gasteiger partial charge on any atom is 0.257 e. The minimum atomic E-state index is -2.65. The van der Waals surface area contributed by atoms with Crippen molar-refractivity contribution in [2.24, 2.45) is 0 Å². The van der Waals surface area contributed by atoms with Crippen LogP contribution in [0, 0.1) is 0 Å². The van der Waals surface area contributed by atoms with Crippen molar-refractivity contribution < 1.29 is 13.6 Å². The van der Waals surface area contributed by atoms with Crippen molar-refractivity contribution in [3.05, 3.63) is 0 Å². The number of nitrogens with zero attached hydrogens (tertiary/aromatic N) is 2. The first kappa shape index (κ1) is 16.6. The summed E-state index contributed by atoms with van der Waals surface area (Å²) in [5, 5.41) is 3.18. The Kier molecular flexibility index (Phi) is 5.95. The van der Waals surface area contributed by atoms with E-state index in [1.54, 1.807) is 9.80 Å². The highest BCUT2D eigenvalue weighted by Crippen LogP contribution is 2.16. The molecule has 0 aromatic heterocycles. The fourth-order valence-electron chi connectivity index (χ4n) is 2.63. The van der Waals surface area contributed by atoms with Gasteiger partial charge in [-0.15, -0.1) is 12.4 Å². The number of piperazine rings is 1. The van der Waals surface area contributed by atoms with Crippen LogP contribution in [-0.2, 0) is 4.79 Å². The monoisotopic (exact) mass is 297 g/mol. The predicted octanol–water partition coefficient (Wildman–Crippen LogP) is 0.960. The van der Waals surface area contributed by atoms with Crippen LogP contribution >= 0.6 is 12.4 Å². The second kappa shape index (κ2) is 6.81. The van der Waals surface area contributed by atoms with Gasteiger partial charge < -0.3 is 10.2 Å². The minimum Gasteiger partial charge on any atom is -0.339 e. The van der Waals surface area contributed by atoms with Crippen LogP contribution in [0.1, 0.15) is 19.8 Å². The third-order valence-corrected chi connectivity index (χ3v) is 3.54. The van der Waals surface area contributed by atoms with E-state index in [-0.39, 0.29) is 30.9 Å². The molecule has 4 nitrogen and oxygen atoms in total. The SMILES string of the molecule is CC(F)(F)CN1CCN(C(=O)C2CCCN2)CC1.Cl. The zero-order valence-electron chi connectivity index (χ0n) is 11.2. The van der Waals surface area contributed by atoms with Crippen LogP contribution in [0.3, 0.4) is 0 Å². The molecule has 1 unspecified atom stereocenters. The lowest BCUT2D eigenvalue weighted by Gasteiger charge is -2.36. The van der Waals surface area contributed by atoms with Gasteiger partial charge in [-0.1, -0.05) is 0 Å². The zero-order valence-corrected chi connectivity index (χ0v) is 12.0. The summed E-state index contributed by atoms with van der Waals surface area (Å²) in [5.74, 6) is -2.52. The Balaban J connectivity index is 0.00000180. The average Bonchev–Trinajstić information content (AvgIpc) is 2.80. The Hall–Kier alpha value is -0.460. The first-order valence-electron chi connectivity index (χ1n) is 6.58. The minimum absolute atomic E-state index is 0. The smallest absolute Gasteiger partial charge is 0.257 e. The molecule has 0 aromatic rings. The lowest BCUT2D eigenvalue weighted by Crippen LogP contribution is -2.54. The van der Waals surface area contributed by atoms with Gasteiger partial charge in [-0.05, 0) is 19.4 Å². The summed E-state index contributed by atoms with van der Waals surface area (Å²) >= 11 is 0. The number of carbonyl (C=O) groups excluding carboxylic acids is 1. The maximum absolute atomic E-state index is 12.9. The molecule has 0 aromatic carbocycles. The molecule has 19 heavy (non-hydrogen) atoms. The Morgan fingerprint density at radius 1 is 1.32 bits per heavy atom. The van der Waals surface area contributed by atoms with Crippen LogP contribution in [0.15, 0.2) is 0 Å². The van der Waals surface area contributed by atoms with Crippen molar-refractivity contribution >= 4 is 18.3 Å². The lowest BCUT2D eigenvalue weighted by molar-refractivity contribution is -0.135. The molecular weight excluding hydrogens is 276 g/mol. The second-order valence-electron chi connectivity index (χ2n) is 5.32. The molecule has 0 radical (unpaired) electrons. The Morgan fingerprint density at radius 3 is 2.42 bits per heavy atom. The molecular formula is C12H22ClF2N3O. The maximum atomic E-state index is 12.9. The number of alkyl halides is 2. The topological polar surface area (TPSA) is 35.6 Å². The summed E-state index contributed by atoms with van der Waals surface area (Å²) in [7, 11) is 0. The lowest BCUT2D eigenvalue weighted by atomic mass is 10.2. The molecule has 1 amide bonds. The molecule has 2 rings (SSSR count). The van der Waals surface area contributed by atoms with Crippen LogP contribution in [0.5, 0.6) is 0 Å². The van der Waals surface area contributed by atoms with Gasteiger partial charge in [0.25, 0.3) is 5.92 Å². The molecule has 2 aliphatic rings. The Bertz CT molecular complexity index is 298. The van der Waals surface area contributed by atoms with Gasteiger partial charge in [-0.2, -0.15) is 0 Å². The van der Waals surface area contributed by atoms with Gasteiger partial charge in [0.1, 0.15) is 0 Å². The van der Waals surface area contributed by atoms with Gasteiger partial charge in [-0.25, -0.2) is 8.78 Å². The molecule has 7 heteroatoms. The Morgan fingerprint density at radius 2 is 1.95 bits per heavy atom. The van der Waals surface area contributed by atoms with Crippen molar-refractivity contribution in [1.82, 2.24) is 15.1 Å². The molecule has 2 aliphatic heterocycles. The van der Waals surface area contributed by atoms with E-state index < -0.39 is 5.92 Å². The van der Waals surface area contributed by atoms with E-state index in [2.05, 4.69) is 5.32 Å². The summed E-state index contributed by atoms with van der Waals surface area (Å²) in [6.07, 6.45) is 1.94. The number of hydrogen-bond donors (Lipinski definition) is 1. The highest BCUT2D eigenvalue weighted by Gasteiger charge is 2.31. The summed E-state index contributed by atoms with van der Waals surface area (Å²) in [6.45, 7) is 3.84. The van der Waals surface area contributed by atoms with Crippen molar-refractivity contribution in [2.45, 2.75) is 31.7 Å². The number of amides is 1. The van der Waals surface area contributed by atoms with Crippen LogP contribution in [0.2, 0.25) is 0 Å². The van der Waals surface area contributed by atoms with Gasteiger partial charge in [0, 0.05) is 33.1 Å². The molecule has 112 valence electrons. The van der Waals surface area contributed by atoms with E-state index in [1.165, 1.54) is 0 Å². The molecule has 0 bridgehead atoms. The van der Waals surface area contributed by atoms with Crippen LogP contribution in [0.4, 0.5) is 8.78 Å². The molecule has 0 saturated carbocycles. The number of nitrogens with one attached hydrogen (secondary N) is 1. The molecule has 0 spiro atoms. The average molecular weight is 298 g/mol. The quantitative estimate of drug-likeness (QED) is 0.843. The number of carbonyl (C=O) groups is 1. The van der Waals surface area contributed by atoms with E-state index >= 15 is 0 Å². The largest absolute Gasteiger partial charge is 0.339 e. The van der Waals surface area contributed by atoms with Gasteiger partial charge in [0.2, 0.25) is 5.91 Å². The van der Waals surface area contributed by atoms with E-state index in [0.717, 1.165) is 26.3 Å². The number of halogens is 3. The third kappa shape index (κ3) is 4.85. The number of rotatable bonds is 3. The van der Waals surface area contributed by atoms with Crippen LogP contribution < -0.4 is 5.32 Å². The second-order valence-corrected chi connectivity index (χ2v) is 5.32. The van der Waals surface area contributed by atoms with E-state index in [4.69, 9.17) is 0 Å². The van der Waals surface area contributed by atoms with E-state index in [1.807, 2.05) is 0 Å². The van der Waals surface area contributed by atoms with E-state index in [0.29, 0.717) is 26.2 Å². The van der Waals surface area contributed by atoms with Crippen molar-refractivity contribution in [2.75, 3.05) is 39.3 Å².